The summed E-state index contributed by atoms with van der Waals surface area (Å²) >= 11 is 0. The van der Waals surface area contributed by atoms with E-state index in [0.717, 1.165) is 0 Å². The monoisotopic (exact) mass is 345 g/mol. The van der Waals surface area contributed by atoms with Crippen molar-refractivity contribution in [1.29, 1.82) is 0 Å². The lowest BCUT2D eigenvalue weighted by Crippen LogP contribution is -2.42. The zero-order valence-corrected chi connectivity index (χ0v) is 14.2. The van der Waals surface area contributed by atoms with Crippen LogP contribution >= 0.6 is 0 Å². The molecule has 3 rings (SSSR count). The number of nitrogens with one attached hydrogen (secondary N) is 2. The van der Waals surface area contributed by atoms with Crippen molar-refractivity contribution in [2.45, 2.75) is 45.3 Å². The molecule has 0 radical (unpaired) electrons. The van der Waals surface area contributed by atoms with Gasteiger partial charge in [-0.1, -0.05) is 5.21 Å². The van der Waals surface area contributed by atoms with Gasteiger partial charge in [0, 0.05) is 12.1 Å². The third-order valence-corrected chi connectivity index (χ3v) is 3.62. The van der Waals surface area contributed by atoms with Crippen LogP contribution in [0, 0.1) is 0 Å². The fraction of sp³-hybridized carbons (Fsp3) is 0.438. The van der Waals surface area contributed by atoms with E-state index >= 15 is 0 Å². The van der Waals surface area contributed by atoms with Gasteiger partial charge < -0.3 is 4.74 Å². The number of carbonyl (C=O) groups excluding carboxylic acids is 3. The van der Waals surface area contributed by atoms with E-state index in [2.05, 4.69) is 20.9 Å². The van der Waals surface area contributed by atoms with Crippen LogP contribution in [0.2, 0.25) is 0 Å². The molecule has 0 aliphatic carbocycles. The summed E-state index contributed by atoms with van der Waals surface area (Å²) in [5.74, 6) is -0.673. The third-order valence-electron chi connectivity index (χ3n) is 3.62. The highest BCUT2D eigenvalue weighted by Gasteiger charge is 2.30. The van der Waals surface area contributed by atoms with Gasteiger partial charge in [0.05, 0.1) is 5.52 Å². The van der Waals surface area contributed by atoms with Gasteiger partial charge in [0.2, 0.25) is 5.91 Å². The van der Waals surface area contributed by atoms with Crippen LogP contribution in [0.3, 0.4) is 0 Å². The number of carbonyl (C=O) groups is 3. The summed E-state index contributed by atoms with van der Waals surface area (Å²) in [6.07, 6.45) is 0.0706. The Morgan fingerprint density at radius 2 is 2.12 bits per heavy atom. The van der Waals surface area contributed by atoms with Crippen LogP contribution in [0.4, 0.5) is 10.5 Å². The lowest BCUT2D eigenvalue weighted by atomic mass is 10.1. The summed E-state index contributed by atoms with van der Waals surface area (Å²) in [6, 6.07) is 4.46. The van der Waals surface area contributed by atoms with Crippen LogP contribution in [-0.2, 0) is 14.3 Å². The van der Waals surface area contributed by atoms with Gasteiger partial charge in [-0.25, -0.2) is 9.48 Å². The van der Waals surface area contributed by atoms with E-state index in [9.17, 15) is 14.4 Å². The van der Waals surface area contributed by atoms with E-state index in [1.54, 1.807) is 39.0 Å². The van der Waals surface area contributed by atoms with E-state index in [-0.39, 0.29) is 18.2 Å². The summed E-state index contributed by atoms with van der Waals surface area (Å²) in [7, 11) is 0. The van der Waals surface area contributed by atoms with Crippen LogP contribution in [0.1, 0.15) is 39.7 Å². The highest BCUT2D eigenvalue weighted by Crippen LogP contribution is 2.24. The molecule has 0 bridgehead atoms. The van der Waals surface area contributed by atoms with Gasteiger partial charge in [-0.3, -0.25) is 20.2 Å². The van der Waals surface area contributed by atoms with E-state index in [1.165, 1.54) is 4.68 Å². The number of nitrogens with zero attached hydrogens (tertiary/aromatic N) is 3. The smallest absolute Gasteiger partial charge is 0.412 e. The SMILES string of the molecule is CC(C)(C)OC(=O)Nc1ccc2c(c1)nnn2C1CCC(=O)NC1=O. The minimum absolute atomic E-state index is 0.260. The first-order chi connectivity index (χ1) is 11.7. The molecule has 1 unspecified atom stereocenters. The minimum Gasteiger partial charge on any atom is -0.444 e. The molecule has 9 heteroatoms. The number of aromatic nitrogens is 3. The summed E-state index contributed by atoms with van der Waals surface area (Å²) < 4.78 is 6.70. The number of imide groups is 1. The van der Waals surface area contributed by atoms with Crippen molar-refractivity contribution in [2.24, 2.45) is 0 Å². The molecule has 0 saturated carbocycles. The Hall–Kier alpha value is -2.97. The largest absolute Gasteiger partial charge is 0.444 e. The fourth-order valence-electron chi connectivity index (χ4n) is 2.59. The molecule has 1 aliphatic heterocycles. The number of ether oxygens (including phenoxy) is 1. The number of rotatable bonds is 2. The average molecular weight is 345 g/mol. The lowest BCUT2D eigenvalue weighted by Gasteiger charge is -2.21. The first kappa shape index (κ1) is 16.9. The lowest BCUT2D eigenvalue weighted by molar-refractivity contribution is -0.135. The normalized spacial score (nSPS) is 18.1. The number of fused-ring (bicyclic) bond motifs is 1. The van der Waals surface area contributed by atoms with Crippen LogP contribution < -0.4 is 10.6 Å². The minimum atomic E-state index is -0.594. The molecule has 25 heavy (non-hydrogen) atoms. The second-order valence-electron chi connectivity index (χ2n) is 6.83. The molecule has 1 fully saturated rings. The van der Waals surface area contributed by atoms with Crippen molar-refractivity contribution < 1.29 is 19.1 Å². The van der Waals surface area contributed by atoms with Crippen molar-refractivity contribution in [3.8, 4) is 0 Å². The molecule has 1 saturated heterocycles. The number of benzene rings is 1. The molecule has 0 spiro atoms. The molecule has 2 N–H and O–H groups in total. The third kappa shape index (κ3) is 3.76. The van der Waals surface area contributed by atoms with Gasteiger partial charge in [0.25, 0.3) is 5.91 Å². The molecule has 9 nitrogen and oxygen atoms in total. The van der Waals surface area contributed by atoms with Crippen molar-refractivity contribution in [2.75, 3.05) is 5.32 Å². The van der Waals surface area contributed by atoms with Crippen molar-refractivity contribution >= 4 is 34.6 Å². The molecule has 1 aliphatic rings. The van der Waals surface area contributed by atoms with Gasteiger partial charge in [-0.15, -0.1) is 5.10 Å². The predicted octanol–water partition coefficient (Wildman–Crippen LogP) is 1.76. The maximum Gasteiger partial charge on any atom is 0.412 e. The van der Waals surface area contributed by atoms with Gasteiger partial charge >= 0.3 is 6.09 Å². The Balaban J connectivity index is 1.81. The first-order valence-electron chi connectivity index (χ1n) is 7.91. The number of anilines is 1. The van der Waals surface area contributed by atoms with Crippen LogP contribution in [-0.4, -0.2) is 38.5 Å². The summed E-state index contributed by atoms with van der Waals surface area (Å²) in [5, 5.41) is 13.0. The molecule has 2 heterocycles. The highest BCUT2D eigenvalue weighted by molar-refractivity contribution is 6.00. The summed E-state index contributed by atoms with van der Waals surface area (Å²) in [5.41, 5.74) is 1.09. The van der Waals surface area contributed by atoms with Gasteiger partial charge in [-0.05, 0) is 45.4 Å². The molecular weight excluding hydrogens is 326 g/mol. The molecular formula is C16H19N5O4. The zero-order chi connectivity index (χ0) is 18.2. The number of hydrogen-bond donors (Lipinski definition) is 2. The second-order valence-corrected chi connectivity index (χ2v) is 6.83. The standard InChI is InChI=1S/C16H19N5O4/c1-16(2,3)25-15(24)17-9-4-5-11-10(8-9)19-20-21(11)12-6-7-13(22)18-14(12)23/h4-5,8,12H,6-7H2,1-3H3,(H,17,24)(H,18,22,23). The Kier molecular flexibility index (Phi) is 4.15. The van der Waals surface area contributed by atoms with Gasteiger partial charge in [0.15, 0.2) is 0 Å². The van der Waals surface area contributed by atoms with E-state index < -0.39 is 17.7 Å². The Morgan fingerprint density at radius 1 is 1.36 bits per heavy atom. The summed E-state index contributed by atoms with van der Waals surface area (Å²) in [4.78, 5) is 35.1. The molecule has 3 amide bonds. The van der Waals surface area contributed by atoms with Crippen molar-refractivity contribution in [3.05, 3.63) is 18.2 Å². The average Bonchev–Trinajstić information content (AvgIpc) is 2.88. The molecule has 132 valence electrons. The predicted molar refractivity (Wildman–Crippen MR) is 88.8 cm³/mol. The maximum atomic E-state index is 12.0. The fourth-order valence-corrected chi connectivity index (χ4v) is 2.59. The van der Waals surface area contributed by atoms with Crippen LogP contribution in [0.5, 0.6) is 0 Å². The first-order valence-corrected chi connectivity index (χ1v) is 7.91. The van der Waals surface area contributed by atoms with Crippen LogP contribution in [0.25, 0.3) is 11.0 Å². The number of amides is 3. The topological polar surface area (TPSA) is 115 Å². The second kappa shape index (κ2) is 6.15. The van der Waals surface area contributed by atoms with E-state index in [1.807, 2.05) is 0 Å². The van der Waals surface area contributed by atoms with Crippen LogP contribution in [0.15, 0.2) is 18.2 Å². The van der Waals surface area contributed by atoms with E-state index in [0.29, 0.717) is 23.1 Å². The van der Waals surface area contributed by atoms with Gasteiger partial charge in [0.1, 0.15) is 17.2 Å². The highest BCUT2D eigenvalue weighted by atomic mass is 16.6. The summed E-state index contributed by atoms with van der Waals surface area (Å²) in [6.45, 7) is 5.34. The number of hydrogen-bond acceptors (Lipinski definition) is 6. The van der Waals surface area contributed by atoms with Gasteiger partial charge in [-0.2, -0.15) is 0 Å². The quantitative estimate of drug-likeness (QED) is 0.801. The van der Waals surface area contributed by atoms with Crippen molar-refractivity contribution in [3.63, 3.8) is 0 Å². The number of piperidine rings is 1. The zero-order valence-electron chi connectivity index (χ0n) is 14.2. The Bertz CT molecular complexity index is 852. The molecule has 1 atom stereocenters. The Morgan fingerprint density at radius 3 is 2.80 bits per heavy atom. The maximum absolute atomic E-state index is 12.0. The Labute approximate surface area is 143 Å². The van der Waals surface area contributed by atoms with E-state index in [4.69, 9.17) is 4.74 Å². The molecule has 1 aromatic heterocycles. The van der Waals surface area contributed by atoms with Crippen molar-refractivity contribution in [1.82, 2.24) is 20.3 Å². The molecule has 1 aromatic carbocycles. The molecule has 2 aromatic rings.